The predicted molar refractivity (Wildman–Crippen MR) is 164 cm³/mol. The second-order valence-electron chi connectivity index (χ2n) is 8.50. The first-order valence-electron chi connectivity index (χ1n) is 11.4. The third kappa shape index (κ3) is 5.43. The molecule has 6 heteroatoms. The minimum atomic E-state index is 0. The quantitative estimate of drug-likeness (QED) is 0.192. The summed E-state index contributed by atoms with van der Waals surface area (Å²) >= 11 is 0. The van der Waals surface area contributed by atoms with Crippen molar-refractivity contribution in [3.8, 4) is 11.1 Å². The molecule has 1 unspecified atom stereocenters. The van der Waals surface area contributed by atoms with Crippen LogP contribution in [0.5, 0.6) is 0 Å². The topological polar surface area (TPSA) is 81.3 Å². The fourth-order valence-electron chi connectivity index (χ4n) is 5.10. The van der Waals surface area contributed by atoms with Gasteiger partial charge in [0.25, 0.3) is 0 Å². The van der Waals surface area contributed by atoms with Gasteiger partial charge in [-0.2, -0.15) is 0 Å². The molecule has 178 valence electrons. The average Bonchev–Trinajstić information content (AvgIpc) is 2.78. The molecule has 4 nitrogen and oxygen atoms in total. The van der Waals surface area contributed by atoms with Crippen LogP contribution in [0.15, 0.2) is 60.7 Å². The van der Waals surface area contributed by atoms with E-state index in [1.807, 2.05) is 6.07 Å². The minimum Gasteiger partial charge on any atom is -0.399 e. The van der Waals surface area contributed by atoms with E-state index in [1.165, 1.54) is 33.5 Å². The number of rotatable bonds is 7. The van der Waals surface area contributed by atoms with Crippen molar-refractivity contribution in [2.24, 2.45) is 5.73 Å². The molecule has 3 aromatic rings. The number of hydrogen-bond acceptors (Lipinski definition) is 4. The van der Waals surface area contributed by atoms with E-state index in [1.54, 1.807) is 0 Å². The first-order valence-corrected chi connectivity index (χ1v) is 11.4. The number of fused-ring (bicyclic) bond motifs is 3. The fourth-order valence-corrected chi connectivity index (χ4v) is 5.10. The fraction of sp³-hybridized carbons (Fsp3) is 0.333. The summed E-state index contributed by atoms with van der Waals surface area (Å²) in [6.45, 7) is 5.21. The van der Waals surface area contributed by atoms with E-state index >= 15 is 0 Å². The number of anilines is 3. The highest BCUT2D eigenvalue weighted by Gasteiger charge is 2.36. The first kappa shape index (κ1) is 27.7. The predicted octanol–water partition coefficient (Wildman–Crippen LogP) is 6.74. The van der Waals surface area contributed by atoms with Crippen LogP contribution in [0, 0.1) is 0 Å². The molecule has 1 aliphatic heterocycles. The van der Waals surface area contributed by atoms with Gasteiger partial charge in [0.05, 0.1) is 6.04 Å². The van der Waals surface area contributed by atoms with Crippen molar-refractivity contribution in [2.45, 2.75) is 51.6 Å². The second kappa shape index (κ2) is 12.3. The molecule has 1 aliphatic rings. The molecule has 0 spiro atoms. The van der Waals surface area contributed by atoms with Crippen molar-refractivity contribution in [1.82, 2.24) is 0 Å². The Balaban J connectivity index is 0.00000193. The smallest absolute Gasteiger partial charge is 0.0806 e. The molecule has 0 saturated heterocycles. The minimum absolute atomic E-state index is 0. The SMILES string of the molecule is CCC(CC)N1c2cc(N)cc(CCCN)c2-c2ccc(N)cc2C1c1ccccc1.I.I. The Kier molecular flexibility index (Phi) is 10.3. The molecule has 6 N–H and O–H groups in total. The van der Waals surface area contributed by atoms with Crippen LogP contribution in [0.25, 0.3) is 11.1 Å². The van der Waals surface area contributed by atoms with Gasteiger partial charge in [0.2, 0.25) is 0 Å². The highest BCUT2D eigenvalue weighted by Crippen LogP contribution is 2.51. The van der Waals surface area contributed by atoms with Gasteiger partial charge >= 0.3 is 0 Å². The summed E-state index contributed by atoms with van der Waals surface area (Å²) in [4.78, 5) is 2.59. The maximum Gasteiger partial charge on any atom is 0.0806 e. The monoisotopic (exact) mass is 670 g/mol. The Morgan fingerprint density at radius 3 is 2.21 bits per heavy atom. The van der Waals surface area contributed by atoms with Gasteiger partial charge in [0.1, 0.15) is 0 Å². The Bertz CT molecular complexity index is 1050. The molecule has 0 amide bonds. The second-order valence-corrected chi connectivity index (χ2v) is 8.50. The van der Waals surface area contributed by atoms with Gasteiger partial charge in [-0.25, -0.2) is 0 Å². The lowest BCUT2D eigenvalue weighted by atomic mass is 9.80. The summed E-state index contributed by atoms with van der Waals surface area (Å²) in [5, 5.41) is 0. The maximum absolute atomic E-state index is 6.45. The molecule has 0 radical (unpaired) electrons. The van der Waals surface area contributed by atoms with Gasteiger partial charge in [-0.1, -0.05) is 50.2 Å². The van der Waals surface area contributed by atoms with E-state index in [2.05, 4.69) is 73.3 Å². The third-order valence-electron chi connectivity index (χ3n) is 6.52. The largest absolute Gasteiger partial charge is 0.399 e. The zero-order valence-electron chi connectivity index (χ0n) is 19.5. The molecule has 0 bridgehead atoms. The number of halogens is 2. The number of benzene rings is 3. The number of hydrogen-bond donors (Lipinski definition) is 3. The summed E-state index contributed by atoms with van der Waals surface area (Å²) < 4.78 is 0. The summed E-state index contributed by atoms with van der Waals surface area (Å²) in [6, 6.07) is 21.9. The van der Waals surface area contributed by atoms with E-state index in [9.17, 15) is 0 Å². The van der Waals surface area contributed by atoms with E-state index < -0.39 is 0 Å². The van der Waals surface area contributed by atoms with Gasteiger partial charge < -0.3 is 22.1 Å². The van der Waals surface area contributed by atoms with Crippen molar-refractivity contribution in [3.63, 3.8) is 0 Å². The summed E-state index contributed by atoms with van der Waals surface area (Å²) in [5.41, 5.74) is 27.8. The van der Waals surface area contributed by atoms with Crippen LogP contribution < -0.4 is 22.1 Å². The standard InChI is InChI=1S/C27H34N4.2HI/c1-3-22(4-2)31-25-17-21(30)15-19(11-8-14-28)26(25)23-13-12-20(29)16-24(23)27(31)18-9-6-5-7-10-18;;/h5-7,9-10,12-13,15-17,22,27H,3-4,8,11,14,28-30H2,1-2H3;2*1H. The van der Waals surface area contributed by atoms with E-state index in [0.29, 0.717) is 12.6 Å². The maximum atomic E-state index is 6.45. The molecular weight excluding hydrogens is 634 g/mol. The summed E-state index contributed by atoms with van der Waals surface area (Å²) in [6.07, 6.45) is 3.97. The molecule has 0 fully saturated rings. The van der Waals surface area contributed by atoms with Gasteiger partial charge in [0.15, 0.2) is 0 Å². The van der Waals surface area contributed by atoms with Crippen molar-refractivity contribution in [2.75, 3.05) is 22.9 Å². The van der Waals surface area contributed by atoms with Gasteiger partial charge in [0, 0.05) is 28.7 Å². The number of aryl methyl sites for hydroxylation is 1. The third-order valence-corrected chi connectivity index (χ3v) is 6.52. The summed E-state index contributed by atoms with van der Waals surface area (Å²) in [7, 11) is 0. The Morgan fingerprint density at radius 1 is 0.879 bits per heavy atom. The molecule has 33 heavy (non-hydrogen) atoms. The lowest BCUT2D eigenvalue weighted by Crippen LogP contribution is -2.41. The Hall–Kier alpha value is -1.52. The summed E-state index contributed by atoms with van der Waals surface area (Å²) in [5.74, 6) is 0. The zero-order valence-corrected chi connectivity index (χ0v) is 24.1. The average molecular weight is 670 g/mol. The molecule has 0 aromatic heterocycles. The van der Waals surface area contributed by atoms with Crippen molar-refractivity contribution >= 4 is 65.0 Å². The molecule has 0 aliphatic carbocycles. The van der Waals surface area contributed by atoms with Crippen molar-refractivity contribution in [1.29, 1.82) is 0 Å². The van der Waals surface area contributed by atoms with Crippen LogP contribution in [0.1, 0.15) is 55.8 Å². The Labute approximate surface area is 232 Å². The number of nitrogens with zero attached hydrogens (tertiary/aromatic N) is 1. The van der Waals surface area contributed by atoms with Crippen LogP contribution in [0.4, 0.5) is 17.1 Å². The molecule has 4 rings (SSSR count). The van der Waals surface area contributed by atoms with Crippen LogP contribution >= 0.6 is 48.0 Å². The van der Waals surface area contributed by atoms with E-state index in [-0.39, 0.29) is 54.0 Å². The van der Waals surface area contributed by atoms with Crippen LogP contribution in [0.2, 0.25) is 0 Å². The van der Waals surface area contributed by atoms with Crippen molar-refractivity contribution in [3.05, 3.63) is 77.4 Å². The zero-order chi connectivity index (χ0) is 22.0. The number of nitrogens with two attached hydrogens (primary N) is 3. The Morgan fingerprint density at radius 2 is 1.58 bits per heavy atom. The lowest BCUT2D eigenvalue weighted by molar-refractivity contribution is 0.519. The van der Waals surface area contributed by atoms with Gasteiger partial charge in [-0.15, -0.1) is 48.0 Å². The lowest BCUT2D eigenvalue weighted by Gasteiger charge is -2.46. The highest BCUT2D eigenvalue weighted by atomic mass is 127. The van der Waals surface area contributed by atoms with Crippen LogP contribution in [-0.2, 0) is 6.42 Å². The molecule has 1 heterocycles. The number of nitrogen functional groups attached to an aromatic ring is 2. The molecule has 1 atom stereocenters. The van der Waals surface area contributed by atoms with Crippen LogP contribution in [-0.4, -0.2) is 12.6 Å². The van der Waals surface area contributed by atoms with E-state index in [0.717, 1.165) is 37.1 Å². The van der Waals surface area contributed by atoms with Crippen molar-refractivity contribution < 1.29 is 0 Å². The molecule has 3 aromatic carbocycles. The van der Waals surface area contributed by atoms with Gasteiger partial charge in [-0.3, -0.25) is 0 Å². The molecular formula is C27H36I2N4. The molecule has 0 saturated carbocycles. The van der Waals surface area contributed by atoms with Gasteiger partial charge in [-0.05, 0) is 78.7 Å². The van der Waals surface area contributed by atoms with Crippen LogP contribution in [0.3, 0.4) is 0 Å². The first-order chi connectivity index (χ1) is 15.1. The normalized spacial score (nSPS) is 14.2. The van der Waals surface area contributed by atoms with E-state index in [4.69, 9.17) is 17.2 Å². The highest BCUT2D eigenvalue weighted by molar-refractivity contribution is 14.0.